The second-order valence-electron chi connectivity index (χ2n) is 9.77. The number of hydrogen-bond donors (Lipinski definition) is 1. The Morgan fingerprint density at radius 3 is 2.58 bits per heavy atom. The average Bonchev–Trinajstić information content (AvgIpc) is 3.61. The number of carbonyl (C=O) groups excluding carboxylic acids is 1. The van der Waals surface area contributed by atoms with Crippen molar-refractivity contribution in [3.63, 3.8) is 0 Å². The molecule has 1 saturated heterocycles. The van der Waals surface area contributed by atoms with E-state index in [-0.39, 0.29) is 6.03 Å². The molecule has 2 fully saturated rings. The first-order valence-electron chi connectivity index (χ1n) is 12.3. The maximum atomic E-state index is 12.9. The maximum Gasteiger partial charge on any atom is 0.321 e. The van der Waals surface area contributed by atoms with Crippen LogP contribution in [0.15, 0.2) is 18.2 Å². The lowest BCUT2D eigenvalue weighted by molar-refractivity contribution is 0.208. The summed E-state index contributed by atoms with van der Waals surface area (Å²) in [6, 6.07) is 6.06. The number of piperazine rings is 1. The number of nitrogens with zero attached hydrogens (tertiary/aromatic N) is 4. The van der Waals surface area contributed by atoms with Gasteiger partial charge in [0.1, 0.15) is 16.5 Å². The second-order valence-corrected chi connectivity index (χ2v) is 10.9. The molecule has 2 aliphatic carbocycles. The number of nitrogens with one attached hydrogen (secondary N) is 1. The van der Waals surface area contributed by atoms with Gasteiger partial charge in [0, 0.05) is 42.7 Å². The van der Waals surface area contributed by atoms with Gasteiger partial charge in [0.15, 0.2) is 0 Å². The van der Waals surface area contributed by atoms with Gasteiger partial charge in [-0.05, 0) is 81.2 Å². The van der Waals surface area contributed by atoms with Crippen LogP contribution in [0.1, 0.15) is 59.0 Å². The summed E-state index contributed by atoms with van der Waals surface area (Å²) in [5.74, 6) is 2.69. The lowest BCUT2D eigenvalue weighted by Crippen LogP contribution is -2.50. The van der Waals surface area contributed by atoms with Crippen LogP contribution in [-0.2, 0) is 12.8 Å². The molecule has 0 bridgehead atoms. The number of rotatable bonds is 3. The van der Waals surface area contributed by atoms with E-state index in [0.29, 0.717) is 19.0 Å². The molecule has 6 rings (SSSR count). The molecule has 0 spiro atoms. The van der Waals surface area contributed by atoms with Crippen molar-refractivity contribution < 1.29 is 4.79 Å². The van der Waals surface area contributed by atoms with E-state index in [4.69, 9.17) is 9.97 Å². The third-order valence-corrected chi connectivity index (χ3v) is 8.57. The normalized spacial score (nSPS) is 18.5. The van der Waals surface area contributed by atoms with Crippen LogP contribution in [-0.4, -0.2) is 47.1 Å². The van der Waals surface area contributed by atoms with Gasteiger partial charge >= 0.3 is 6.03 Å². The van der Waals surface area contributed by atoms with Gasteiger partial charge in [-0.2, -0.15) is 0 Å². The van der Waals surface area contributed by atoms with Gasteiger partial charge in [0.25, 0.3) is 0 Å². The summed E-state index contributed by atoms with van der Waals surface area (Å²) in [5.41, 5.74) is 4.78. The van der Waals surface area contributed by atoms with Gasteiger partial charge in [0.2, 0.25) is 0 Å². The summed E-state index contributed by atoms with van der Waals surface area (Å²) >= 11 is 1.89. The maximum absolute atomic E-state index is 12.9. The monoisotopic (exact) mass is 461 g/mol. The predicted molar refractivity (Wildman–Crippen MR) is 135 cm³/mol. The first-order chi connectivity index (χ1) is 16.1. The molecule has 3 aliphatic rings. The van der Waals surface area contributed by atoms with Crippen LogP contribution < -0.4 is 10.2 Å². The molecule has 2 amide bonds. The quantitative estimate of drug-likeness (QED) is 0.566. The minimum absolute atomic E-state index is 0.0164. The van der Waals surface area contributed by atoms with Crippen LogP contribution in [0.4, 0.5) is 16.3 Å². The van der Waals surface area contributed by atoms with E-state index in [2.05, 4.69) is 30.1 Å². The Morgan fingerprint density at radius 1 is 1.03 bits per heavy atom. The molecule has 0 unspecified atom stereocenters. The van der Waals surface area contributed by atoms with Crippen molar-refractivity contribution in [2.45, 2.75) is 58.3 Å². The number of benzene rings is 1. The molecule has 3 aromatic rings. The van der Waals surface area contributed by atoms with E-state index < -0.39 is 0 Å². The van der Waals surface area contributed by atoms with E-state index in [0.717, 1.165) is 36.8 Å². The van der Waals surface area contributed by atoms with Gasteiger partial charge < -0.3 is 15.1 Å². The Morgan fingerprint density at radius 2 is 1.82 bits per heavy atom. The number of amides is 2. The molecule has 6 nitrogen and oxygen atoms in total. The third-order valence-electron chi connectivity index (χ3n) is 7.38. The molecule has 3 heterocycles. The Bertz CT molecular complexity index is 1220. The molecule has 1 N–H and O–H groups in total. The largest absolute Gasteiger partial charge is 0.352 e. The molecular formula is C26H31N5OS. The number of urea groups is 1. The molecule has 172 valence electrons. The number of hydrogen-bond acceptors (Lipinski definition) is 5. The van der Waals surface area contributed by atoms with Crippen LogP contribution in [0.5, 0.6) is 0 Å². The third kappa shape index (κ3) is 3.97. The molecule has 1 aromatic carbocycles. The molecule has 1 saturated carbocycles. The number of carbonyl (C=O) groups is 1. The number of fused-ring (bicyclic) bond motifs is 3. The van der Waals surface area contributed by atoms with Crippen molar-refractivity contribution in [3.05, 3.63) is 45.6 Å². The molecule has 0 atom stereocenters. The number of aryl methyl sites for hydroxylation is 4. The fourth-order valence-corrected chi connectivity index (χ4v) is 6.31. The highest BCUT2D eigenvalue weighted by Crippen LogP contribution is 2.44. The number of anilines is 2. The van der Waals surface area contributed by atoms with Crippen LogP contribution >= 0.6 is 11.3 Å². The van der Waals surface area contributed by atoms with E-state index in [9.17, 15) is 4.79 Å². The van der Waals surface area contributed by atoms with Gasteiger partial charge in [-0.3, -0.25) is 0 Å². The van der Waals surface area contributed by atoms with E-state index >= 15 is 0 Å². The van der Waals surface area contributed by atoms with Crippen molar-refractivity contribution in [1.82, 2.24) is 14.9 Å². The first-order valence-corrected chi connectivity index (χ1v) is 13.1. The highest BCUT2D eigenvalue weighted by Gasteiger charge is 2.32. The van der Waals surface area contributed by atoms with Gasteiger partial charge in [-0.25, -0.2) is 14.8 Å². The standard InChI is InChI=1S/C26H31N5OS/c1-16-7-10-19(15-17(16)2)27-26(32)31-13-11-30(12-14-31)24-22-20-5-3-4-6-21(20)33-25(22)29-23(28-24)18-8-9-18/h7,10,15,18H,3-6,8-9,11-14H2,1-2H3,(H,27,32). The lowest BCUT2D eigenvalue weighted by Gasteiger charge is -2.36. The zero-order valence-corrected chi connectivity index (χ0v) is 20.3. The molecule has 0 radical (unpaired) electrons. The summed E-state index contributed by atoms with van der Waals surface area (Å²) in [6.45, 7) is 7.18. The van der Waals surface area contributed by atoms with Gasteiger partial charge in [-0.1, -0.05) is 6.07 Å². The number of thiophene rings is 1. The Kier molecular flexibility index (Phi) is 5.24. The highest BCUT2D eigenvalue weighted by atomic mass is 32.1. The zero-order valence-electron chi connectivity index (χ0n) is 19.5. The van der Waals surface area contributed by atoms with Crippen molar-refractivity contribution in [3.8, 4) is 0 Å². The van der Waals surface area contributed by atoms with E-state index in [1.165, 1.54) is 63.9 Å². The lowest BCUT2D eigenvalue weighted by atomic mass is 9.97. The van der Waals surface area contributed by atoms with Crippen LogP contribution in [0.25, 0.3) is 10.2 Å². The SMILES string of the molecule is Cc1ccc(NC(=O)N2CCN(c3nc(C4CC4)nc4sc5c(c34)CCCC5)CC2)cc1C. The van der Waals surface area contributed by atoms with Crippen LogP contribution in [0.3, 0.4) is 0 Å². The summed E-state index contributed by atoms with van der Waals surface area (Å²) in [5, 5.41) is 4.38. The van der Waals surface area contributed by atoms with Crippen molar-refractivity contribution in [1.29, 1.82) is 0 Å². The summed E-state index contributed by atoms with van der Waals surface area (Å²) < 4.78 is 0. The van der Waals surface area contributed by atoms with Crippen LogP contribution in [0, 0.1) is 13.8 Å². The fourth-order valence-electron chi connectivity index (χ4n) is 5.05. The van der Waals surface area contributed by atoms with Gasteiger partial charge in [0.05, 0.1) is 5.39 Å². The van der Waals surface area contributed by atoms with Crippen LogP contribution in [0.2, 0.25) is 0 Å². The Hall–Kier alpha value is -2.67. The molecule has 33 heavy (non-hydrogen) atoms. The Balaban J connectivity index is 1.22. The smallest absolute Gasteiger partial charge is 0.321 e. The van der Waals surface area contributed by atoms with Crippen molar-refractivity contribution in [2.75, 3.05) is 36.4 Å². The minimum Gasteiger partial charge on any atom is -0.352 e. The van der Waals surface area contributed by atoms with Crippen molar-refractivity contribution >= 4 is 39.1 Å². The van der Waals surface area contributed by atoms with E-state index in [1.807, 2.05) is 28.4 Å². The molecule has 2 aromatic heterocycles. The molecular weight excluding hydrogens is 430 g/mol. The topological polar surface area (TPSA) is 61.4 Å². The fraction of sp³-hybridized carbons (Fsp3) is 0.500. The zero-order chi connectivity index (χ0) is 22.5. The number of aromatic nitrogens is 2. The van der Waals surface area contributed by atoms with Crippen molar-refractivity contribution in [2.24, 2.45) is 0 Å². The first kappa shape index (κ1) is 20.9. The Labute approximate surface area is 199 Å². The summed E-state index contributed by atoms with van der Waals surface area (Å²) in [7, 11) is 0. The van der Waals surface area contributed by atoms with E-state index in [1.54, 1.807) is 0 Å². The average molecular weight is 462 g/mol. The highest BCUT2D eigenvalue weighted by molar-refractivity contribution is 7.19. The predicted octanol–water partition coefficient (Wildman–Crippen LogP) is 5.42. The minimum atomic E-state index is -0.0164. The van der Waals surface area contributed by atoms with Gasteiger partial charge in [-0.15, -0.1) is 11.3 Å². The summed E-state index contributed by atoms with van der Waals surface area (Å²) in [4.78, 5) is 30.1. The second kappa shape index (κ2) is 8.28. The molecule has 1 aliphatic heterocycles. The molecule has 7 heteroatoms. The summed E-state index contributed by atoms with van der Waals surface area (Å²) in [6.07, 6.45) is 7.29.